The molecule has 0 aliphatic carbocycles. The number of rotatable bonds is 3. The molecular weight excluding hydrogens is 304 g/mol. The quantitative estimate of drug-likeness (QED) is 0.903. The summed E-state index contributed by atoms with van der Waals surface area (Å²) in [4.78, 5) is 16.6. The number of methoxy groups -OCH3 is 1. The average molecular weight is 320 g/mol. The van der Waals surface area contributed by atoms with E-state index in [1.54, 1.807) is 6.20 Å². The number of hydrogen-bond donors (Lipinski definition) is 1. The summed E-state index contributed by atoms with van der Waals surface area (Å²) >= 11 is 0. The van der Waals surface area contributed by atoms with Crippen molar-refractivity contribution in [2.75, 3.05) is 18.6 Å². The van der Waals surface area contributed by atoms with Crippen molar-refractivity contribution in [3.8, 4) is 0 Å². The average Bonchev–Trinajstić information content (AvgIpc) is 2.80. The van der Waals surface area contributed by atoms with E-state index in [4.69, 9.17) is 4.74 Å². The lowest BCUT2D eigenvalue weighted by molar-refractivity contribution is 0.0784. The Hall–Kier alpha value is -1.99. The lowest BCUT2D eigenvalue weighted by atomic mass is 10.1. The summed E-state index contributed by atoms with van der Waals surface area (Å²) in [6.07, 6.45) is 1.04. The number of carbonyl (C=O) groups excluding carboxylic acids is 1. The van der Waals surface area contributed by atoms with E-state index < -0.39 is 22.0 Å². The smallest absolute Gasteiger partial charge is 0.270 e. The van der Waals surface area contributed by atoms with Gasteiger partial charge in [0.15, 0.2) is 9.84 Å². The summed E-state index contributed by atoms with van der Waals surface area (Å²) in [6, 6.07) is 8.70. The number of nitrogens with zero attached hydrogens (tertiary/aromatic N) is 1. The zero-order chi connectivity index (χ0) is 15.7. The van der Waals surface area contributed by atoms with E-state index in [0.717, 1.165) is 10.8 Å². The monoisotopic (exact) mass is 320 g/mol. The van der Waals surface area contributed by atoms with Crippen molar-refractivity contribution < 1.29 is 17.9 Å². The zero-order valence-electron chi connectivity index (χ0n) is 12.0. The molecule has 3 rings (SSSR count). The van der Waals surface area contributed by atoms with E-state index in [-0.39, 0.29) is 23.1 Å². The highest BCUT2D eigenvalue weighted by atomic mass is 32.2. The first-order valence-electron chi connectivity index (χ1n) is 6.88. The van der Waals surface area contributed by atoms with Gasteiger partial charge in [-0.15, -0.1) is 0 Å². The van der Waals surface area contributed by atoms with Crippen LogP contribution in [-0.4, -0.2) is 50.1 Å². The number of aromatic nitrogens is 1. The lowest BCUT2D eigenvalue weighted by Crippen LogP contribution is -2.43. The van der Waals surface area contributed by atoms with E-state index in [1.165, 1.54) is 7.11 Å². The Labute approximate surface area is 128 Å². The topological polar surface area (TPSA) is 85.4 Å². The van der Waals surface area contributed by atoms with Crippen molar-refractivity contribution >= 4 is 26.5 Å². The van der Waals surface area contributed by atoms with Gasteiger partial charge in [-0.2, -0.15) is 0 Å². The predicted octanol–water partition coefficient (Wildman–Crippen LogP) is 0.777. The molecule has 2 aromatic rings. The molecule has 0 saturated carbocycles. The van der Waals surface area contributed by atoms with Crippen LogP contribution in [0, 0.1) is 0 Å². The number of amides is 1. The Bertz CT molecular complexity index is 814. The molecule has 1 aromatic carbocycles. The fraction of sp³-hybridized carbons (Fsp3) is 0.333. The van der Waals surface area contributed by atoms with Crippen molar-refractivity contribution in [3.63, 3.8) is 0 Å². The minimum Gasteiger partial charge on any atom is -0.378 e. The summed E-state index contributed by atoms with van der Waals surface area (Å²) in [7, 11) is -1.74. The molecule has 1 amide bonds. The van der Waals surface area contributed by atoms with E-state index in [2.05, 4.69) is 10.3 Å². The van der Waals surface area contributed by atoms with E-state index >= 15 is 0 Å². The minimum absolute atomic E-state index is 0.0720. The van der Waals surface area contributed by atoms with Gasteiger partial charge in [-0.05, 0) is 11.5 Å². The van der Waals surface area contributed by atoms with Gasteiger partial charge >= 0.3 is 0 Å². The van der Waals surface area contributed by atoms with Crippen LogP contribution in [0.3, 0.4) is 0 Å². The van der Waals surface area contributed by atoms with Crippen molar-refractivity contribution in [2.45, 2.75) is 12.1 Å². The Kier molecular flexibility index (Phi) is 3.84. The summed E-state index contributed by atoms with van der Waals surface area (Å²) < 4.78 is 28.6. The van der Waals surface area contributed by atoms with Crippen LogP contribution in [-0.2, 0) is 14.6 Å². The SMILES string of the molecule is CO[C@@H]1CS(=O)(=O)C[C@H]1NC(=O)c1nccc2ccccc12. The molecule has 2 atom stereocenters. The van der Waals surface area contributed by atoms with Gasteiger partial charge < -0.3 is 10.1 Å². The van der Waals surface area contributed by atoms with Crippen LogP contribution in [0.4, 0.5) is 0 Å². The lowest BCUT2D eigenvalue weighted by Gasteiger charge is -2.18. The molecule has 1 saturated heterocycles. The molecule has 0 bridgehead atoms. The minimum atomic E-state index is -3.19. The van der Waals surface area contributed by atoms with Crippen molar-refractivity contribution in [1.29, 1.82) is 0 Å². The molecule has 1 aliphatic heterocycles. The van der Waals surface area contributed by atoms with E-state index in [0.29, 0.717) is 0 Å². The third kappa shape index (κ3) is 2.82. The third-order valence-electron chi connectivity index (χ3n) is 3.81. The second-order valence-electron chi connectivity index (χ2n) is 5.31. The summed E-state index contributed by atoms with van der Waals surface area (Å²) in [5.74, 6) is -0.569. The molecule has 2 heterocycles. The molecule has 0 unspecified atom stereocenters. The predicted molar refractivity (Wildman–Crippen MR) is 82.4 cm³/mol. The highest BCUT2D eigenvalue weighted by molar-refractivity contribution is 7.91. The first kappa shape index (κ1) is 14.9. The van der Waals surface area contributed by atoms with Gasteiger partial charge in [-0.1, -0.05) is 24.3 Å². The summed E-state index contributed by atoms with van der Waals surface area (Å²) in [5, 5.41) is 4.38. The van der Waals surface area contributed by atoms with Gasteiger partial charge in [0, 0.05) is 18.7 Å². The van der Waals surface area contributed by atoms with Crippen LogP contribution in [0.25, 0.3) is 10.8 Å². The number of fused-ring (bicyclic) bond motifs is 1. The zero-order valence-corrected chi connectivity index (χ0v) is 12.8. The van der Waals surface area contributed by atoms with E-state index in [1.807, 2.05) is 30.3 Å². The standard InChI is InChI=1S/C15H16N2O4S/c1-21-13-9-22(19,20)8-12(13)17-15(18)14-11-5-3-2-4-10(11)6-7-16-14/h2-7,12-13H,8-9H2,1H3,(H,17,18)/t12-,13-/m1/s1. The maximum absolute atomic E-state index is 12.5. The molecule has 22 heavy (non-hydrogen) atoms. The largest absolute Gasteiger partial charge is 0.378 e. The normalized spacial score (nSPS) is 23.5. The van der Waals surface area contributed by atoms with Crippen molar-refractivity contribution in [2.24, 2.45) is 0 Å². The first-order chi connectivity index (χ1) is 10.5. The maximum atomic E-state index is 12.5. The van der Waals surface area contributed by atoms with Crippen LogP contribution >= 0.6 is 0 Å². The molecule has 116 valence electrons. The number of carbonyl (C=O) groups is 1. The fourth-order valence-corrected chi connectivity index (χ4v) is 4.57. The van der Waals surface area contributed by atoms with Gasteiger partial charge in [0.25, 0.3) is 5.91 Å². The van der Waals surface area contributed by atoms with Gasteiger partial charge in [0.05, 0.1) is 23.7 Å². The Morgan fingerprint density at radius 2 is 2.05 bits per heavy atom. The number of pyridine rings is 1. The molecule has 1 aliphatic rings. The Morgan fingerprint density at radius 3 is 2.82 bits per heavy atom. The van der Waals surface area contributed by atoms with E-state index in [9.17, 15) is 13.2 Å². The first-order valence-corrected chi connectivity index (χ1v) is 8.70. The molecule has 1 N–H and O–H groups in total. The molecular formula is C15H16N2O4S. The second-order valence-corrected chi connectivity index (χ2v) is 7.47. The van der Waals surface area contributed by atoms with Gasteiger partial charge in [-0.3, -0.25) is 9.78 Å². The van der Waals surface area contributed by atoms with Crippen molar-refractivity contribution in [3.05, 3.63) is 42.2 Å². The third-order valence-corrected chi connectivity index (χ3v) is 5.51. The maximum Gasteiger partial charge on any atom is 0.270 e. The summed E-state index contributed by atoms with van der Waals surface area (Å²) in [6.45, 7) is 0. The number of ether oxygens (including phenoxy) is 1. The van der Waals surface area contributed by atoms with Gasteiger partial charge in [0.2, 0.25) is 0 Å². The Morgan fingerprint density at radius 1 is 1.27 bits per heavy atom. The van der Waals surface area contributed by atoms with Gasteiger partial charge in [0.1, 0.15) is 5.69 Å². The number of nitrogens with one attached hydrogen (secondary N) is 1. The molecule has 7 heteroatoms. The van der Waals surface area contributed by atoms with Crippen LogP contribution in [0.15, 0.2) is 36.5 Å². The highest BCUT2D eigenvalue weighted by Gasteiger charge is 2.39. The second kappa shape index (κ2) is 5.66. The summed E-state index contributed by atoms with van der Waals surface area (Å²) in [5.41, 5.74) is 0.289. The van der Waals surface area contributed by atoms with Crippen LogP contribution in [0.5, 0.6) is 0 Å². The highest BCUT2D eigenvalue weighted by Crippen LogP contribution is 2.19. The van der Waals surface area contributed by atoms with Crippen LogP contribution in [0.2, 0.25) is 0 Å². The van der Waals surface area contributed by atoms with Crippen LogP contribution < -0.4 is 5.32 Å². The van der Waals surface area contributed by atoms with Crippen molar-refractivity contribution in [1.82, 2.24) is 10.3 Å². The van der Waals surface area contributed by atoms with Gasteiger partial charge in [-0.25, -0.2) is 8.42 Å². The number of benzene rings is 1. The molecule has 1 aromatic heterocycles. The Balaban J connectivity index is 1.88. The molecule has 6 nitrogen and oxygen atoms in total. The molecule has 1 fully saturated rings. The molecule has 0 spiro atoms. The number of hydrogen-bond acceptors (Lipinski definition) is 5. The molecule has 0 radical (unpaired) electrons. The number of sulfone groups is 1. The van der Waals surface area contributed by atoms with Crippen LogP contribution in [0.1, 0.15) is 10.5 Å². The fourth-order valence-electron chi connectivity index (χ4n) is 2.72.